The third-order valence-electron chi connectivity index (χ3n) is 2.96. The zero-order valence-electron chi connectivity index (χ0n) is 13.3. The molecule has 0 aliphatic heterocycles. The summed E-state index contributed by atoms with van der Waals surface area (Å²) < 4.78 is 45.9. The molecule has 2 aromatic rings. The Balaban J connectivity index is 2.14. The molecule has 8 heteroatoms. The minimum absolute atomic E-state index is 0.192. The molecule has 1 aromatic carbocycles. The molecule has 0 spiro atoms. The van der Waals surface area contributed by atoms with E-state index in [-0.39, 0.29) is 23.0 Å². The Bertz CT molecular complexity index is 804. The van der Waals surface area contributed by atoms with Crippen LogP contribution in [0.5, 0.6) is 5.75 Å². The van der Waals surface area contributed by atoms with E-state index in [1.54, 1.807) is 13.0 Å². The molecule has 0 saturated heterocycles. The van der Waals surface area contributed by atoms with Crippen LogP contribution in [0.3, 0.4) is 0 Å². The van der Waals surface area contributed by atoms with Crippen LogP contribution >= 0.6 is 0 Å². The average Bonchev–Trinajstić information content (AvgIpc) is 2.54. The van der Waals surface area contributed by atoms with Crippen molar-refractivity contribution in [2.75, 3.05) is 6.54 Å². The fourth-order valence-electron chi connectivity index (χ4n) is 1.89. The van der Waals surface area contributed by atoms with Gasteiger partial charge in [-0.1, -0.05) is 6.58 Å². The Hall–Kier alpha value is -3.03. The van der Waals surface area contributed by atoms with Crippen molar-refractivity contribution in [1.29, 1.82) is 0 Å². The van der Waals surface area contributed by atoms with Gasteiger partial charge in [0.1, 0.15) is 11.5 Å². The summed E-state index contributed by atoms with van der Waals surface area (Å²) in [4.78, 5) is 17.8. The molecule has 0 radical (unpaired) electrons. The van der Waals surface area contributed by atoms with E-state index in [0.717, 1.165) is 12.1 Å². The van der Waals surface area contributed by atoms with Crippen molar-refractivity contribution >= 4 is 11.7 Å². The van der Waals surface area contributed by atoms with Gasteiger partial charge in [-0.3, -0.25) is 9.79 Å². The molecule has 0 fully saturated rings. The van der Waals surface area contributed by atoms with E-state index in [4.69, 9.17) is 4.74 Å². The first kappa shape index (κ1) is 18.3. The fourth-order valence-corrected chi connectivity index (χ4v) is 1.89. The summed E-state index contributed by atoms with van der Waals surface area (Å²) in [5.74, 6) is 0.0865. The van der Waals surface area contributed by atoms with Crippen molar-refractivity contribution < 1.29 is 22.6 Å². The highest BCUT2D eigenvalue weighted by atomic mass is 19.4. The summed E-state index contributed by atoms with van der Waals surface area (Å²) >= 11 is 0. The number of benzene rings is 1. The molecule has 0 amide bonds. The molecule has 1 heterocycles. The first-order valence-corrected chi connectivity index (χ1v) is 7.25. The Labute approximate surface area is 141 Å². The van der Waals surface area contributed by atoms with Crippen molar-refractivity contribution in [3.8, 4) is 5.75 Å². The monoisotopic (exact) mass is 352 g/mol. The number of hydrogen-bond donors (Lipinski definition) is 1. The lowest BCUT2D eigenvalue weighted by atomic mass is 10.2. The first-order chi connectivity index (χ1) is 11.8. The zero-order chi connectivity index (χ0) is 18.4. The highest BCUT2D eigenvalue weighted by Crippen LogP contribution is 2.25. The minimum Gasteiger partial charge on any atom is -0.439 e. The molecule has 0 aliphatic carbocycles. The Kier molecular flexibility index (Phi) is 5.63. The van der Waals surface area contributed by atoms with Crippen molar-refractivity contribution in [3.05, 3.63) is 70.7 Å². The van der Waals surface area contributed by atoms with Crippen LogP contribution in [0, 0.1) is 0 Å². The molecule has 0 atom stereocenters. The number of nitrogens with one attached hydrogen (secondary N) is 1. The van der Waals surface area contributed by atoms with E-state index in [0.29, 0.717) is 17.7 Å². The molecule has 5 nitrogen and oxygen atoms in total. The van der Waals surface area contributed by atoms with Crippen LogP contribution in [-0.4, -0.2) is 23.8 Å². The minimum atomic E-state index is -4.75. The van der Waals surface area contributed by atoms with Gasteiger partial charge in [0.25, 0.3) is 0 Å². The number of hydrogen-bond acceptors (Lipinski definition) is 4. The van der Waals surface area contributed by atoms with Crippen LogP contribution in [0.15, 0.2) is 59.0 Å². The van der Waals surface area contributed by atoms with Crippen LogP contribution in [0.25, 0.3) is 5.76 Å². The topological polar surface area (TPSA) is 63.7 Å². The highest BCUT2D eigenvalue weighted by molar-refractivity contribution is 5.96. The molecule has 0 aliphatic rings. The Morgan fingerprint density at radius 2 is 1.80 bits per heavy atom. The van der Waals surface area contributed by atoms with Gasteiger partial charge in [-0.2, -0.15) is 0 Å². The molecule has 0 saturated carbocycles. The summed E-state index contributed by atoms with van der Waals surface area (Å²) in [5, 5.41) is 0. The lowest BCUT2D eigenvalue weighted by Gasteiger charge is -2.13. The van der Waals surface area contributed by atoms with Crippen LogP contribution < -0.4 is 10.3 Å². The molecule has 0 bridgehead atoms. The Morgan fingerprint density at radius 1 is 1.16 bits per heavy atom. The molecule has 0 unspecified atom stereocenters. The first-order valence-electron chi connectivity index (χ1n) is 7.25. The number of nitrogens with zero attached hydrogens (tertiary/aromatic N) is 1. The normalized spacial score (nSPS) is 11.9. The van der Waals surface area contributed by atoms with Gasteiger partial charge in [-0.05, 0) is 37.3 Å². The van der Waals surface area contributed by atoms with Crippen LogP contribution in [-0.2, 0) is 4.74 Å². The van der Waals surface area contributed by atoms with E-state index < -0.39 is 6.36 Å². The lowest BCUT2D eigenvalue weighted by Crippen LogP contribution is -2.17. The van der Waals surface area contributed by atoms with Gasteiger partial charge < -0.3 is 14.5 Å². The average molecular weight is 352 g/mol. The summed E-state index contributed by atoms with van der Waals surface area (Å²) in [6, 6.07) is 7.97. The second-order valence-electron chi connectivity index (χ2n) is 4.82. The number of aliphatic imine (C=N–C) groups is 1. The van der Waals surface area contributed by atoms with Crippen LogP contribution in [0.2, 0.25) is 0 Å². The predicted octanol–water partition coefficient (Wildman–Crippen LogP) is 3.73. The number of H-pyrrole nitrogens is 1. The summed E-state index contributed by atoms with van der Waals surface area (Å²) in [7, 11) is 0. The number of halogens is 3. The van der Waals surface area contributed by atoms with E-state index in [1.807, 2.05) is 0 Å². The number of alkyl halides is 3. The van der Waals surface area contributed by atoms with Gasteiger partial charge in [0, 0.05) is 24.4 Å². The maximum absolute atomic E-state index is 12.2. The van der Waals surface area contributed by atoms with Crippen LogP contribution in [0.4, 0.5) is 13.2 Å². The van der Waals surface area contributed by atoms with Gasteiger partial charge in [0.15, 0.2) is 0 Å². The van der Waals surface area contributed by atoms with Gasteiger partial charge in [-0.25, -0.2) is 0 Å². The molecule has 1 N–H and O–H groups in total. The van der Waals surface area contributed by atoms with Gasteiger partial charge in [0.05, 0.1) is 5.56 Å². The standard InChI is InChI=1S/C17H15F3N2O3/c1-3-21-16(13-6-9-15(23)22-10-13)24-11(2)12-4-7-14(8-5-12)25-17(18,19)20/h4-10H,2-3H2,1H3,(H,22,23). The molecule has 132 valence electrons. The van der Waals surface area contributed by atoms with Gasteiger partial charge >= 0.3 is 6.36 Å². The number of ether oxygens (including phenoxy) is 2. The molecule has 1 aromatic heterocycles. The number of pyridine rings is 1. The van der Waals surface area contributed by atoms with Crippen molar-refractivity contribution in [2.45, 2.75) is 13.3 Å². The number of aromatic amines is 1. The molecular formula is C17H15F3N2O3. The van der Waals surface area contributed by atoms with E-state index in [2.05, 4.69) is 21.3 Å². The summed E-state index contributed by atoms with van der Waals surface area (Å²) in [6.07, 6.45) is -3.30. The van der Waals surface area contributed by atoms with Gasteiger partial charge in [0.2, 0.25) is 11.5 Å². The maximum Gasteiger partial charge on any atom is 0.573 e. The fraction of sp³-hybridized carbons (Fsp3) is 0.176. The SMILES string of the molecule is C=C(OC(=NCC)c1ccc(=O)[nH]c1)c1ccc(OC(F)(F)F)cc1. The lowest BCUT2D eigenvalue weighted by molar-refractivity contribution is -0.274. The smallest absolute Gasteiger partial charge is 0.439 e. The van der Waals surface area contributed by atoms with Crippen molar-refractivity contribution in [3.63, 3.8) is 0 Å². The Morgan fingerprint density at radius 3 is 2.32 bits per heavy atom. The van der Waals surface area contributed by atoms with E-state index >= 15 is 0 Å². The third-order valence-corrected chi connectivity index (χ3v) is 2.96. The maximum atomic E-state index is 12.2. The third kappa shape index (κ3) is 5.52. The van der Waals surface area contributed by atoms with E-state index in [1.165, 1.54) is 24.4 Å². The van der Waals surface area contributed by atoms with Crippen LogP contribution in [0.1, 0.15) is 18.1 Å². The number of rotatable bonds is 5. The predicted molar refractivity (Wildman–Crippen MR) is 87.4 cm³/mol. The largest absolute Gasteiger partial charge is 0.573 e. The van der Waals surface area contributed by atoms with Crippen molar-refractivity contribution in [2.24, 2.45) is 4.99 Å². The van der Waals surface area contributed by atoms with Gasteiger partial charge in [-0.15, -0.1) is 13.2 Å². The number of aromatic nitrogens is 1. The zero-order valence-corrected chi connectivity index (χ0v) is 13.3. The second kappa shape index (κ2) is 7.69. The quantitative estimate of drug-likeness (QED) is 0.507. The summed E-state index contributed by atoms with van der Waals surface area (Å²) in [6.45, 7) is 5.99. The molecule has 2 rings (SSSR count). The second-order valence-corrected chi connectivity index (χ2v) is 4.82. The van der Waals surface area contributed by atoms with Crippen molar-refractivity contribution in [1.82, 2.24) is 4.98 Å². The molecule has 25 heavy (non-hydrogen) atoms. The highest BCUT2D eigenvalue weighted by Gasteiger charge is 2.31. The van der Waals surface area contributed by atoms with E-state index in [9.17, 15) is 18.0 Å². The summed E-state index contributed by atoms with van der Waals surface area (Å²) in [5.41, 5.74) is 0.737. The molecular weight excluding hydrogens is 337 g/mol.